The van der Waals surface area contributed by atoms with E-state index in [0.29, 0.717) is 19.4 Å². The van der Waals surface area contributed by atoms with Crippen LogP contribution < -0.4 is 10.6 Å². The molecule has 1 amide bonds. The maximum absolute atomic E-state index is 13.0. The van der Waals surface area contributed by atoms with Gasteiger partial charge in [0.15, 0.2) is 9.84 Å². The van der Waals surface area contributed by atoms with Crippen molar-refractivity contribution < 1.29 is 13.2 Å². The molecule has 25 heavy (non-hydrogen) atoms. The number of hydrogen-bond donors (Lipinski definition) is 2. The van der Waals surface area contributed by atoms with E-state index in [0.717, 1.165) is 52.0 Å². The average Bonchev–Trinajstić information content (AvgIpc) is 2.56. The molecule has 0 aromatic rings. The highest BCUT2D eigenvalue weighted by molar-refractivity contribution is 7.93. The third-order valence-corrected chi connectivity index (χ3v) is 8.04. The van der Waals surface area contributed by atoms with E-state index in [1.165, 1.54) is 0 Å². The summed E-state index contributed by atoms with van der Waals surface area (Å²) in [5.41, 5.74) is 0. The summed E-state index contributed by atoms with van der Waals surface area (Å²) in [6, 6.07) is 0. The number of nitrogens with one attached hydrogen (secondary N) is 2. The van der Waals surface area contributed by atoms with Crippen molar-refractivity contribution in [2.75, 3.05) is 39.3 Å². The molecule has 1 aliphatic heterocycles. The number of piperazine rings is 1. The molecular weight excluding hydrogens is 362 g/mol. The van der Waals surface area contributed by atoms with E-state index in [9.17, 15) is 13.2 Å². The molecule has 6 nitrogen and oxygen atoms in total. The smallest absolute Gasteiger partial charge is 0.238 e. The van der Waals surface area contributed by atoms with Gasteiger partial charge in [-0.25, -0.2) is 8.42 Å². The highest BCUT2D eigenvalue weighted by Gasteiger charge is 2.40. The van der Waals surface area contributed by atoms with E-state index in [4.69, 9.17) is 0 Å². The fourth-order valence-electron chi connectivity index (χ4n) is 3.80. The SMILES string of the molecule is CC(C)C(C(=O)NCCN1CCNCC1)S(=O)(=O)C1CCCCC1.Cl. The first-order valence-electron chi connectivity index (χ1n) is 9.36. The van der Waals surface area contributed by atoms with Gasteiger partial charge < -0.3 is 10.6 Å². The third-order valence-electron chi connectivity index (χ3n) is 5.17. The Kier molecular flexibility index (Phi) is 9.70. The van der Waals surface area contributed by atoms with Crippen LogP contribution in [0.2, 0.25) is 0 Å². The third kappa shape index (κ3) is 6.38. The van der Waals surface area contributed by atoms with Crippen LogP contribution in [-0.2, 0) is 14.6 Å². The molecule has 0 spiro atoms. The molecule has 2 aliphatic rings. The van der Waals surface area contributed by atoms with Crippen LogP contribution in [0, 0.1) is 5.92 Å². The van der Waals surface area contributed by atoms with Gasteiger partial charge in [0.05, 0.1) is 5.25 Å². The molecule has 1 aliphatic carbocycles. The van der Waals surface area contributed by atoms with Crippen LogP contribution in [-0.4, -0.2) is 69.0 Å². The van der Waals surface area contributed by atoms with E-state index in [2.05, 4.69) is 15.5 Å². The highest BCUT2D eigenvalue weighted by atomic mass is 35.5. The Morgan fingerprint density at radius 2 is 1.76 bits per heavy atom. The Hall–Kier alpha value is -0.370. The van der Waals surface area contributed by atoms with Gasteiger partial charge in [0.1, 0.15) is 5.25 Å². The van der Waals surface area contributed by atoms with Crippen molar-refractivity contribution in [3.8, 4) is 0 Å². The van der Waals surface area contributed by atoms with Gasteiger partial charge in [0.25, 0.3) is 0 Å². The van der Waals surface area contributed by atoms with E-state index < -0.39 is 15.1 Å². The number of nitrogens with zero attached hydrogens (tertiary/aromatic N) is 1. The van der Waals surface area contributed by atoms with Crippen molar-refractivity contribution in [3.05, 3.63) is 0 Å². The summed E-state index contributed by atoms with van der Waals surface area (Å²) in [6.07, 6.45) is 4.44. The molecule has 0 aromatic heterocycles. The largest absolute Gasteiger partial charge is 0.354 e. The first-order chi connectivity index (χ1) is 11.4. The van der Waals surface area contributed by atoms with E-state index in [1.54, 1.807) is 0 Å². The number of halogens is 1. The molecule has 1 unspecified atom stereocenters. The molecule has 1 saturated heterocycles. The summed E-state index contributed by atoms with van der Waals surface area (Å²) >= 11 is 0. The Morgan fingerprint density at radius 3 is 2.32 bits per heavy atom. The van der Waals surface area contributed by atoms with Crippen molar-refractivity contribution in [1.29, 1.82) is 0 Å². The number of sulfone groups is 1. The van der Waals surface area contributed by atoms with Gasteiger partial charge in [0, 0.05) is 39.3 Å². The van der Waals surface area contributed by atoms with Crippen LogP contribution in [0.1, 0.15) is 46.0 Å². The zero-order chi connectivity index (χ0) is 17.6. The highest BCUT2D eigenvalue weighted by Crippen LogP contribution is 2.29. The molecule has 1 atom stereocenters. The van der Waals surface area contributed by atoms with Crippen LogP contribution in [0.3, 0.4) is 0 Å². The number of amides is 1. The van der Waals surface area contributed by atoms with Crippen LogP contribution in [0.4, 0.5) is 0 Å². The average molecular weight is 396 g/mol. The second-order valence-electron chi connectivity index (χ2n) is 7.40. The lowest BCUT2D eigenvalue weighted by atomic mass is 10.0. The minimum absolute atomic E-state index is 0. The first-order valence-corrected chi connectivity index (χ1v) is 11.0. The van der Waals surface area contributed by atoms with Crippen molar-refractivity contribution in [2.24, 2.45) is 5.92 Å². The lowest BCUT2D eigenvalue weighted by Crippen LogP contribution is -2.50. The van der Waals surface area contributed by atoms with E-state index in [-0.39, 0.29) is 29.5 Å². The summed E-state index contributed by atoms with van der Waals surface area (Å²) in [5.74, 6) is -0.512. The summed E-state index contributed by atoms with van der Waals surface area (Å²) in [5, 5.41) is 4.92. The number of carbonyl (C=O) groups excluding carboxylic acids is 1. The summed E-state index contributed by atoms with van der Waals surface area (Å²) < 4.78 is 25.9. The predicted octanol–water partition coefficient (Wildman–Crippen LogP) is 1.20. The fourth-order valence-corrected chi connectivity index (χ4v) is 6.35. The normalized spacial score (nSPS) is 21.6. The number of rotatable bonds is 7. The monoisotopic (exact) mass is 395 g/mol. The van der Waals surface area contributed by atoms with Crippen LogP contribution >= 0.6 is 12.4 Å². The molecule has 148 valence electrons. The molecule has 2 N–H and O–H groups in total. The second-order valence-corrected chi connectivity index (χ2v) is 9.75. The van der Waals surface area contributed by atoms with Gasteiger partial charge in [-0.1, -0.05) is 33.1 Å². The van der Waals surface area contributed by atoms with Gasteiger partial charge in [0.2, 0.25) is 5.91 Å². The second kappa shape index (κ2) is 10.7. The van der Waals surface area contributed by atoms with Gasteiger partial charge >= 0.3 is 0 Å². The van der Waals surface area contributed by atoms with Gasteiger partial charge in [-0.3, -0.25) is 9.69 Å². The molecule has 2 fully saturated rings. The number of carbonyl (C=O) groups is 1. The quantitative estimate of drug-likeness (QED) is 0.677. The van der Waals surface area contributed by atoms with Crippen molar-refractivity contribution in [3.63, 3.8) is 0 Å². The molecule has 8 heteroatoms. The van der Waals surface area contributed by atoms with E-state index in [1.807, 2.05) is 13.8 Å². The standard InChI is InChI=1S/C17H33N3O3S.ClH/c1-14(2)16(24(22,23)15-6-4-3-5-7-15)17(21)19-10-13-20-11-8-18-9-12-20;/h14-16,18H,3-13H2,1-2H3,(H,19,21);1H. The van der Waals surface area contributed by atoms with Crippen molar-refractivity contribution in [1.82, 2.24) is 15.5 Å². The maximum Gasteiger partial charge on any atom is 0.238 e. The zero-order valence-corrected chi connectivity index (χ0v) is 17.1. The lowest BCUT2D eigenvalue weighted by Gasteiger charge is -2.29. The van der Waals surface area contributed by atoms with Gasteiger partial charge in [-0.15, -0.1) is 12.4 Å². The van der Waals surface area contributed by atoms with E-state index >= 15 is 0 Å². The zero-order valence-electron chi connectivity index (χ0n) is 15.5. The Labute approximate surface area is 158 Å². The number of hydrogen-bond acceptors (Lipinski definition) is 5. The molecule has 0 aromatic carbocycles. The lowest BCUT2D eigenvalue weighted by molar-refractivity contribution is -0.121. The van der Waals surface area contributed by atoms with Crippen molar-refractivity contribution in [2.45, 2.75) is 56.5 Å². The molecule has 0 radical (unpaired) electrons. The van der Waals surface area contributed by atoms with Gasteiger partial charge in [-0.2, -0.15) is 0 Å². The summed E-state index contributed by atoms with van der Waals surface area (Å²) in [4.78, 5) is 14.9. The molecule has 0 bridgehead atoms. The summed E-state index contributed by atoms with van der Waals surface area (Å²) in [7, 11) is -3.41. The maximum atomic E-state index is 13.0. The van der Waals surface area contributed by atoms with Gasteiger partial charge in [-0.05, 0) is 18.8 Å². The van der Waals surface area contributed by atoms with Crippen LogP contribution in [0.15, 0.2) is 0 Å². The van der Waals surface area contributed by atoms with Crippen molar-refractivity contribution >= 4 is 28.2 Å². The minimum atomic E-state index is -3.41. The first kappa shape index (κ1) is 22.7. The van der Waals surface area contributed by atoms with Crippen LogP contribution in [0.25, 0.3) is 0 Å². The molecular formula is C17H34ClN3O3S. The Morgan fingerprint density at radius 1 is 1.16 bits per heavy atom. The molecule has 1 saturated carbocycles. The minimum Gasteiger partial charge on any atom is -0.354 e. The Bertz CT molecular complexity index is 501. The fraction of sp³-hybridized carbons (Fsp3) is 0.941. The predicted molar refractivity (Wildman–Crippen MR) is 104 cm³/mol. The topological polar surface area (TPSA) is 78.5 Å². The van der Waals surface area contributed by atoms with Crippen LogP contribution in [0.5, 0.6) is 0 Å². The summed E-state index contributed by atoms with van der Waals surface area (Å²) in [6.45, 7) is 8.86. The Balaban J connectivity index is 0.00000312. The molecule has 2 rings (SSSR count). The molecule has 1 heterocycles.